The van der Waals surface area contributed by atoms with Crippen LogP contribution in [-0.2, 0) is 6.54 Å². The Hall–Kier alpha value is -2.44. The number of halogens is 2. The Morgan fingerprint density at radius 3 is 2.92 bits per heavy atom. The third kappa shape index (κ3) is 3.72. The van der Waals surface area contributed by atoms with Crippen LogP contribution in [0.3, 0.4) is 0 Å². The molecule has 0 saturated carbocycles. The predicted octanol–water partition coefficient (Wildman–Crippen LogP) is 3.68. The van der Waals surface area contributed by atoms with Gasteiger partial charge in [0.1, 0.15) is 12.0 Å². The number of hydrogen-bond acceptors (Lipinski definition) is 5. The molecule has 0 aliphatic carbocycles. The Kier molecular flexibility index (Phi) is 4.78. The van der Waals surface area contributed by atoms with E-state index in [1.807, 2.05) is 19.1 Å². The number of aromatic nitrogens is 3. The summed E-state index contributed by atoms with van der Waals surface area (Å²) in [5.41, 5.74) is 2.59. The largest absolute Gasteiger partial charge is 0.440 e. The molecule has 0 radical (unpaired) electrons. The van der Waals surface area contributed by atoms with E-state index in [0.717, 1.165) is 11.1 Å². The van der Waals surface area contributed by atoms with Crippen molar-refractivity contribution in [3.8, 4) is 11.4 Å². The van der Waals surface area contributed by atoms with E-state index in [-0.39, 0.29) is 11.2 Å². The van der Waals surface area contributed by atoms with Gasteiger partial charge in [0, 0.05) is 17.8 Å². The van der Waals surface area contributed by atoms with Crippen LogP contribution in [-0.4, -0.2) is 20.9 Å². The topological polar surface area (TPSA) is 80.9 Å². The molecular formula is C16H12Cl2N4O2. The van der Waals surface area contributed by atoms with E-state index in [4.69, 9.17) is 27.6 Å². The third-order valence-corrected chi connectivity index (χ3v) is 3.64. The molecule has 0 unspecified atom stereocenters. The van der Waals surface area contributed by atoms with Crippen LogP contribution in [0.15, 0.2) is 41.1 Å². The number of amides is 1. The van der Waals surface area contributed by atoms with Crippen LogP contribution < -0.4 is 5.32 Å². The quantitative estimate of drug-likeness (QED) is 0.716. The molecule has 122 valence electrons. The minimum atomic E-state index is -0.431. The van der Waals surface area contributed by atoms with Gasteiger partial charge < -0.3 is 9.73 Å². The zero-order valence-corrected chi connectivity index (χ0v) is 14.1. The van der Waals surface area contributed by atoms with Gasteiger partial charge in [-0.1, -0.05) is 23.7 Å². The highest BCUT2D eigenvalue weighted by Crippen LogP contribution is 2.21. The molecule has 0 aliphatic rings. The summed E-state index contributed by atoms with van der Waals surface area (Å²) >= 11 is 11.7. The maximum absolute atomic E-state index is 12.1. The van der Waals surface area contributed by atoms with E-state index in [9.17, 15) is 4.79 Å². The number of oxazole rings is 1. The van der Waals surface area contributed by atoms with Gasteiger partial charge >= 0.3 is 5.91 Å². The number of carbonyl (C=O) groups is 1. The molecule has 3 aromatic rings. The first-order valence-electron chi connectivity index (χ1n) is 7.00. The number of nitrogens with zero attached hydrogens (tertiary/aromatic N) is 3. The first kappa shape index (κ1) is 16.4. The summed E-state index contributed by atoms with van der Waals surface area (Å²) in [7, 11) is 0. The Bertz CT molecular complexity index is 895. The molecule has 24 heavy (non-hydrogen) atoms. The van der Waals surface area contributed by atoms with Crippen molar-refractivity contribution in [1.29, 1.82) is 0 Å². The van der Waals surface area contributed by atoms with E-state index in [1.54, 1.807) is 18.3 Å². The number of benzene rings is 1. The van der Waals surface area contributed by atoms with Gasteiger partial charge in [-0.15, -0.1) is 0 Å². The minimum absolute atomic E-state index is 0.0545. The molecule has 0 saturated heterocycles. The van der Waals surface area contributed by atoms with E-state index in [1.165, 1.54) is 6.26 Å². The van der Waals surface area contributed by atoms with Crippen LogP contribution in [0, 0.1) is 6.92 Å². The smallest absolute Gasteiger partial charge is 0.307 e. The van der Waals surface area contributed by atoms with Gasteiger partial charge in [0.2, 0.25) is 5.28 Å². The Morgan fingerprint density at radius 1 is 1.29 bits per heavy atom. The Labute approximate surface area is 147 Å². The lowest BCUT2D eigenvalue weighted by atomic mass is 10.2. The predicted molar refractivity (Wildman–Crippen MR) is 89.9 cm³/mol. The van der Waals surface area contributed by atoms with Crippen LogP contribution in [0.4, 0.5) is 0 Å². The summed E-state index contributed by atoms with van der Waals surface area (Å²) in [6, 6.07) is 7.21. The fourth-order valence-electron chi connectivity index (χ4n) is 2.07. The highest BCUT2D eigenvalue weighted by molar-refractivity contribution is 6.30. The molecule has 0 aliphatic heterocycles. The van der Waals surface area contributed by atoms with Gasteiger partial charge in [-0.05, 0) is 41.8 Å². The van der Waals surface area contributed by atoms with E-state index >= 15 is 0 Å². The molecule has 6 nitrogen and oxygen atoms in total. The van der Waals surface area contributed by atoms with Crippen LogP contribution >= 0.6 is 23.2 Å². The van der Waals surface area contributed by atoms with Crippen LogP contribution in [0.5, 0.6) is 0 Å². The van der Waals surface area contributed by atoms with Crippen molar-refractivity contribution in [2.24, 2.45) is 0 Å². The molecule has 0 fully saturated rings. The molecular weight excluding hydrogens is 351 g/mol. The molecule has 1 amide bonds. The minimum Gasteiger partial charge on any atom is -0.440 e. The zero-order chi connectivity index (χ0) is 17.1. The summed E-state index contributed by atoms with van der Waals surface area (Å²) in [5, 5.41) is 3.43. The third-order valence-electron chi connectivity index (χ3n) is 3.23. The molecule has 3 rings (SSSR count). The van der Waals surface area contributed by atoms with Crippen molar-refractivity contribution < 1.29 is 9.21 Å². The summed E-state index contributed by atoms with van der Waals surface area (Å²) in [4.78, 5) is 24.3. The van der Waals surface area contributed by atoms with E-state index < -0.39 is 5.91 Å². The lowest BCUT2D eigenvalue weighted by Gasteiger charge is -2.03. The summed E-state index contributed by atoms with van der Waals surface area (Å²) in [6.07, 6.45) is 2.94. The van der Waals surface area contributed by atoms with Crippen molar-refractivity contribution in [3.63, 3.8) is 0 Å². The SMILES string of the molecule is Cc1cnc(Cl)nc1-c1coc(C(=O)NCc2cccc(Cl)c2)n1. The highest BCUT2D eigenvalue weighted by atomic mass is 35.5. The Morgan fingerprint density at radius 2 is 2.12 bits per heavy atom. The lowest BCUT2D eigenvalue weighted by molar-refractivity contribution is 0.0916. The van der Waals surface area contributed by atoms with Gasteiger partial charge in [-0.3, -0.25) is 4.79 Å². The number of aryl methyl sites for hydroxylation is 1. The summed E-state index contributed by atoms with van der Waals surface area (Å²) < 4.78 is 5.24. The van der Waals surface area contributed by atoms with Crippen molar-refractivity contribution >= 4 is 29.1 Å². The molecule has 1 aromatic carbocycles. The summed E-state index contributed by atoms with van der Waals surface area (Å²) in [5.74, 6) is -0.486. The monoisotopic (exact) mass is 362 g/mol. The second-order valence-corrected chi connectivity index (χ2v) is 5.80. The molecule has 2 heterocycles. The van der Waals surface area contributed by atoms with Gasteiger partial charge in [0.25, 0.3) is 5.89 Å². The Balaban J connectivity index is 1.73. The average Bonchev–Trinajstić information content (AvgIpc) is 3.05. The first-order chi connectivity index (χ1) is 11.5. The molecule has 0 atom stereocenters. The van der Waals surface area contributed by atoms with Crippen LogP contribution in [0.25, 0.3) is 11.4 Å². The first-order valence-corrected chi connectivity index (χ1v) is 7.76. The van der Waals surface area contributed by atoms with E-state index in [0.29, 0.717) is 23.0 Å². The van der Waals surface area contributed by atoms with E-state index in [2.05, 4.69) is 20.3 Å². The number of hydrogen-bond donors (Lipinski definition) is 1. The summed E-state index contributed by atoms with van der Waals surface area (Å²) in [6.45, 7) is 2.13. The molecule has 1 N–H and O–H groups in total. The van der Waals surface area contributed by atoms with Gasteiger partial charge in [0.05, 0.1) is 5.69 Å². The van der Waals surface area contributed by atoms with Gasteiger partial charge in [-0.2, -0.15) is 0 Å². The van der Waals surface area contributed by atoms with Gasteiger partial charge in [-0.25, -0.2) is 15.0 Å². The molecule has 0 bridgehead atoms. The van der Waals surface area contributed by atoms with Crippen molar-refractivity contribution in [2.75, 3.05) is 0 Å². The fourth-order valence-corrected chi connectivity index (χ4v) is 2.42. The maximum Gasteiger partial charge on any atom is 0.307 e. The number of carbonyl (C=O) groups excluding carboxylic acids is 1. The molecule has 8 heteroatoms. The highest BCUT2D eigenvalue weighted by Gasteiger charge is 2.16. The van der Waals surface area contributed by atoms with Crippen LogP contribution in [0.2, 0.25) is 10.3 Å². The zero-order valence-electron chi connectivity index (χ0n) is 12.6. The van der Waals surface area contributed by atoms with Gasteiger partial charge in [0.15, 0.2) is 0 Å². The maximum atomic E-state index is 12.1. The van der Waals surface area contributed by atoms with Crippen LogP contribution in [0.1, 0.15) is 21.8 Å². The van der Waals surface area contributed by atoms with Crippen molar-refractivity contribution in [3.05, 3.63) is 64.0 Å². The van der Waals surface area contributed by atoms with Crippen molar-refractivity contribution in [2.45, 2.75) is 13.5 Å². The fraction of sp³-hybridized carbons (Fsp3) is 0.125. The second-order valence-electron chi connectivity index (χ2n) is 5.02. The number of nitrogens with one attached hydrogen (secondary N) is 1. The second kappa shape index (κ2) is 6.98. The number of rotatable bonds is 4. The molecule has 0 spiro atoms. The molecule has 2 aromatic heterocycles. The standard InChI is InChI=1S/C16H12Cl2N4O2/c1-9-6-20-16(18)22-13(9)12-8-24-15(21-12)14(23)19-7-10-3-2-4-11(17)5-10/h2-6,8H,7H2,1H3,(H,19,23). The lowest BCUT2D eigenvalue weighted by Crippen LogP contribution is -2.23. The normalized spacial score (nSPS) is 10.6. The van der Waals surface area contributed by atoms with Crippen molar-refractivity contribution in [1.82, 2.24) is 20.3 Å². The average molecular weight is 363 g/mol.